The van der Waals surface area contributed by atoms with Gasteiger partial charge in [0, 0.05) is 0 Å². The van der Waals surface area contributed by atoms with Crippen molar-refractivity contribution in [3.63, 3.8) is 0 Å². The summed E-state index contributed by atoms with van der Waals surface area (Å²) in [7, 11) is 0. The van der Waals surface area contributed by atoms with Crippen molar-refractivity contribution in [2.24, 2.45) is 0 Å². The van der Waals surface area contributed by atoms with Gasteiger partial charge in [-0.25, -0.2) is 0 Å². The number of ether oxygens (including phenoxy) is 2. The van der Waals surface area contributed by atoms with Gasteiger partial charge in [-0.3, -0.25) is 4.79 Å². The second-order valence-electron chi connectivity index (χ2n) is 6.10. The van der Waals surface area contributed by atoms with Crippen molar-refractivity contribution < 1.29 is 14.3 Å². The van der Waals surface area contributed by atoms with Gasteiger partial charge in [-0.2, -0.15) is 5.26 Å². The molecule has 140 valence electrons. The number of nitriles is 1. The third-order valence-corrected chi connectivity index (χ3v) is 3.72. The Kier molecular flexibility index (Phi) is 7.45. The third-order valence-electron chi connectivity index (χ3n) is 3.72. The van der Waals surface area contributed by atoms with E-state index in [2.05, 4.69) is 11.4 Å². The van der Waals surface area contributed by atoms with Crippen molar-refractivity contribution in [1.29, 1.82) is 5.26 Å². The monoisotopic (exact) mass is 364 g/mol. The molecule has 2 rings (SSSR count). The number of benzene rings is 2. The fraction of sp³-hybridized carbons (Fsp3) is 0.273. The molecule has 0 fully saturated rings. The van der Waals surface area contributed by atoms with Crippen molar-refractivity contribution in [2.75, 3.05) is 19.8 Å². The fourth-order valence-corrected chi connectivity index (χ4v) is 2.59. The highest BCUT2D eigenvalue weighted by Gasteiger charge is 2.08. The van der Waals surface area contributed by atoms with Gasteiger partial charge in [0.05, 0.1) is 13.2 Å². The predicted octanol–water partition coefficient (Wildman–Crippen LogP) is 3.80. The summed E-state index contributed by atoms with van der Waals surface area (Å²) in [6.45, 7) is 7.16. The molecule has 0 saturated carbocycles. The van der Waals surface area contributed by atoms with Gasteiger partial charge < -0.3 is 14.8 Å². The van der Waals surface area contributed by atoms with E-state index in [1.54, 1.807) is 30.3 Å². The summed E-state index contributed by atoms with van der Waals surface area (Å²) in [6.07, 6.45) is 1.55. The van der Waals surface area contributed by atoms with Gasteiger partial charge in [0.1, 0.15) is 29.7 Å². The summed E-state index contributed by atoms with van der Waals surface area (Å²) >= 11 is 0. The van der Waals surface area contributed by atoms with Crippen LogP contribution in [0.4, 0.5) is 0 Å². The van der Waals surface area contributed by atoms with Gasteiger partial charge in [0.15, 0.2) is 0 Å². The number of carbonyl (C=O) groups is 1. The standard InChI is InChI=1S/C22H24N2O3/c1-4-26-20-7-5-18(6-8-20)14-19(15-23)22(25)24-9-10-27-21-12-16(2)11-17(3)13-21/h5-8,11-14H,4,9-10H2,1-3H3,(H,24,25)/b19-14+. The Morgan fingerprint density at radius 2 is 1.74 bits per heavy atom. The number of carbonyl (C=O) groups excluding carboxylic acids is 1. The SMILES string of the molecule is CCOc1ccc(/C=C(\C#N)C(=O)NCCOc2cc(C)cc(C)c2)cc1. The summed E-state index contributed by atoms with van der Waals surface area (Å²) in [4.78, 5) is 12.2. The highest BCUT2D eigenvalue weighted by molar-refractivity contribution is 6.01. The van der Waals surface area contributed by atoms with Crippen LogP contribution in [0.25, 0.3) is 6.08 Å². The van der Waals surface area contributed by atoms with Crippen molar-refractivity contribution in [2.45, 2.75) is 20.8 Å². The molecule has 2 aromatic rings. The number of amides is 1. The lowest BCUT2D eigenvalue weighted by molar-refractivity contribution is -0.117. The Hall–Kier alpha value is -3.26. The molecule has 0 radical (unpaired) electrons. The molecule has 0 saturated heterocycles. The van der Waals surface area contributed by atoms with Crippen molar-refractivity contribution in [3.05, 3.63) is 64.7 Å². The summed E-state index contributed by atoms with van der Waals surface area (Å²) < 4.78 is 11.0. The first-order valence-corrected chi connectivity index (χ1v) is 8.85. The molecule has 0 unspecified atom stereocenters. The maximum absolute atomic E-state index is 12.2. The van der Waals surface area contributed by atoms with Crippen LogP contribution in [0.2, 0.25) is 0 Å². The van der Waals surface area contributed by atoms with Crippen LogP contribution in [0, 0.1) is 25.2 Å². The molecule has 1 N–H and O–H groups in total. The second kappa shape index (κ2) is 10.0. The summed E-state index contributed by atoms with van der Waals surface area (Å²) in [5, 5.41) is 12.0. The number of hydrogen-bond acceptors (Lipinski definition) is 4. The van der Waals surface area contributed by atoms with Gasteiger partial charge in [-0.05, 0) is 67.8 Å². The Labute approximate surface area is 160 Å². The quantitative estimate of drug-likeness (QED) is 0.439. The smallest absolute Gasteiger partial charge is 0.262 e. The van der Waals surface area contributed by atoms with E-state index >= 15 is 0 Å². The van der Waals surface area contributed by atoms with Crippen LogP contribution in [0.15, 0.2) is 48.0 Å². The lowest BCUT2D eigenvalue weighted by Crippen LogP contribution is -2.29. The first-order valence-electron chi connectivity index (χ1n) is 8.85. The minimum atomic E-state index is -0.421. The van der Waals surface area contributed by atoms with E-state index in [-0.39, 0.29) is 5.57 Å². The molecule has 0 aliphatic heterocycles. The minimum Gasteiger partial charge on any atom is -0.494 e. The first-order chi connectivity index (χ1) is 13.0. The van der Waals surface area contributed by atoms with Crippen LogP contribution in [0.3, 0.4) is 0 Å². The molecule has 0 heterocycles. The van der Waals surface area contributed by atoms with Crippen molar-refractivity contribution in [1.82, 2.24) is 5.32 Å². The summed E-state index contributed by atoms with van der Waals surface area (Å²) in [5.74, 6) is 1.10. The second-order valence-corrected chi connectivity index (χ2v) is 6.10. The number of aryl methyl sites for hydroxylation is 2. The zero-order valence-electron chi connectivity index (χ0n) is 15.9. The van der Waals surface area contributed by atoms with E-state index in [1.165, 1.54) is 0 Å². The van der Waals surface area contributed by atoms with Crippen LogP contribution in [-0.2, 0) is 4.79 Å². The first kappa shape index (κ1) is 20.1. The highest BCUT2D eigenvalue weighted by atomic mass is 16.5. The molecule has 0 bridgehead atoms. The van der Waals surface area contributed by atoms with Crippen LogP contribution in [0.5, 0.6) is 11.5 Å². The van der Waals surface area contributed by atoms with E-state index in [4.69, 9.17) is 9.47 Å². The van der Waals surface area contributed by atoms with E-state index in [0.717, 1.165) is 28.2 Å². The van der Waals surface area contributed by atoms with E-state index in [1.807, 2.05) is 39.0 Å². The van der Waals surface area contributed by atoms with E-state index in [0.29, 0.717) is 19.8 Å². The molecule has 0 aliphatic carbocycles. The summed E-state index contributed by atoms with van der Waals surface area (Å²) in [5.41, 5.74) is 3.06. The van der Waals surface area contributed by atoms with E-state index in [9.17, 15) is 10.1 Å². The van der Waals surface area contributed by atoms with Gasteiger partial charge in [-0.1, -0.05) is 18.2 Å². The molecule has 5 heteroatoms. The molecule has 5 nitrogen and oxygen atoms in total. The number of hydrogen-bond donors (Lipinski definition) is 1. The molecule has 0 spiro atoms. The molecular formula is C22H24N2O3. The van der Waals surface area contributed by atoms with Gasteiger partial charge >= 0.3 is 0 Å². The normalized spacial score (nSPS) is 10.8. The number of nitrogens with one attached hydrogen (secondary N) is 1. The average molecular weight is 364 g/mol. The number of rotatable bonds is 8. The van der Waals surface area contributed by atoms with Gasteiger partial charge in [0.2, 0.25) is 0 Å². The topological polar surface area (TPSA) is 71.3 Å². The molecule has 27 heavy (non-hydrogen) atoms. The lowest BCUT2D eigenvalue weighted by Gasteiger charge is -2.09. The third kappa shape index (κ3) is 6.52. The van der Waals surface area contributed by atoms with Crippen molar-refractivity contribution >= 4 is 12.0 Å². The zero-order chi connectivity index (χ0) is 19.6. The zero-order valence-corrected chi connectivity index (χ0v) is 15.9. The van der Waals surface area contributed by atoms with Crippen LogP contribution in [0.1, 0.15) is 23.6 Å². The largest absolute Gasteiger partial charge is 0.494 e. The molecule has 0 aromatic heterocycles. The number of nitrogens with zero attached hydrogens (tertiary/aromatic N) is 1. The Balaban J connectivity index is 1.88. The summed E-state index contributed by atoms with van der Waals surface area (Å²) in [6, 6.07) is 15.1. The minimum absolute atomic E-state index is 0.0468. The Morgan fingerprint density at radius 1 is 1.07 bits per heavy atom. The van der Waals surface area contributed by atoms with Crippen molar-refractivity contribution in [3.8, 4) is 17.6 Å². The van der Waals surface area contributed by atoms with Crippen LogP contribution >= 0.6 is 0 Å². The molecule has 2 aromatic carbocycles. The fourth-order valence-electron chi connectivity index (χ4n) is 2.59. The molecule has 0 atom stereocenters. The van der Waals surface area contributed by atoms with Crippen LogP contribution < -0.4 is 14.8 Å². The maximum atomic E-state index is 12.2. The molecule has 0 aliphatic rings. The highest BCUT2D eigenvalue weighted by Crippen LogP contribution is 2.16. The van der Waals surface area contributed by atoms with Gasteiger partial charge in [0.25, 0.3) is 5.91 Å². The Bertz CT molecular complexity index is 829. The maximum Gasteiger partial charge on any atom is 0.262 e. The lowest BCUT2D eigenvalue weighted by atomic mass is 10.1. The molecule has 1 amide bonds. The van der Waals surface area contributed by atoms with Crippen LogP contribution in [-0.4, -0.2) is 25.7 Å². The average Bonchev–Trinajstić information content (AvgIpc) is 2.64. The predicted molar refractivity (Wildman–Crippen MR) is 106 cm³/mol. The Morgan fingerprint density at radius 3 is 2.33 bits per heavy atom. The van der Waals surface area contributed by atoms with E-state index < -0.39 is 5.91 Å². The molecular weight excluding hydrogens is 340 g/mol. The van der Waals surface area contributed by atoms with Gasteiger partial charge in [-0.15, -0.1) is 0 Å².